The van der Waals surface area contributed by atoms with Crippen LogP contribution in [0.1, 0.15) is 63.5 Å². The number of nitrogens with two attached hydrogens (primary N) is 2. The molecule has 1 aromatic carbocycles. The number of carbonyl (C=O) groups excluding carboxylic acids is 1. The van der Waals surface area contributed by atoms with Crippen molar-refractivity contribution in [2.24, 2.45) is 16.9 Å². The molecule has 1 aromatic rings. The number of nitrogens with zero attached hydrogens (tertiary/aromatic N) is 1. The first-order valence-electron chi connectivity index (χ1n) is 9.60. The fourth-order valence-corrected chi connectivity index (χ4v) is 3.32. The molecule has 0 aromatic heterocycles. The minimum absolute atomic E-state index is 0.0284. The number of carbonyl (C=O) groups is 1. The second-order valence-electron chi connectivity index (χ2n) is 8.31. The number of primary amides is 1. The molecule has 150 valence electrons. The van der Waals surface area contributed by atoms with Crippen LogP contribution in [0, 0.1) is 5.41 Å². The molecule has 0 saturated heterocycles. The van der Waals surface area contributed by atoms with E-state index in [0.29, 0.717) is 18.9 Å². The van der Waals surface area contributed by atoms with Crippen LogP contribution >= 0.6 is 0 Å². The summed E-state index contributed by atoms with van der Waals surface area (Å²) >= 11 is 0. The Labute approximate surface area is 162 Å². The van der Waals surface area contributed by atoms with E-state index < -0.39 is 12.1 Å². The number of unbranched alkanes of at least 4 members (excludes halogenated alkanes) is 1. The van der Waals surface area contributed by atoms with E-state index in [1.54, 1.807) is 0 Å². The number of hydrogen-bond donors (Lipinski definition) is 3. The van der Waals surface area contributed by atoms with E-state index in [-0.39, 0.29) is 18.4 Å². The first kappa shape index (κ1) is 21.3. The Morgan fingerprint density at radius 3 is 2.59 bits per heavy atom. The van der Waals surface area contributed by atoms with Crippen LogP contribution in [0.3, 0.4) is 0 Å². The largest absolute Gasteiger partial charge is 0.491 e. The molecule has 5 N–H and O–H groups in total. The van der Waals surface area contributed by atoms with Crippen molar-refractivity contribution in [1.82, 2.24) is 4.90 Å². The van der Waals surface area contributed by atoms with Gasteiger partial charge in [-0.2, -0.15) is 0 Å². The van der Waals surface area contributed by atoms with Crippen molar-refractivity contribution in [1.29, 1.82) is 0 Å². The van der Waals surface area contributed by atoms with Gasteiger partial charge in [-0.1, -0.05) is 46.2 Å². The summed E-state index contributed by atoms with van der Waals surface area (Å²) in [6.45, 7) is 9.95. The number of hydrogen-bond acceptors (Lipinski definition) is 5. The highest BCUT2D eigenvalue weighted by molar-refractivity contribution is 5.77. The zero-order chi connectivity index (χ0) is 20.2. The molecular weight excluding hydrogens is 342 g/mol. The molecule has 1 amide bonds. The van der Waals surface area contributed by atoms with Gasteiger partial charge in [0.05, 0.1) is 18.7 Å². The Morgan fingerprint density at radius 1 is 1.33 bits per heavy atom. The van der Waals surface area contributed by atoms with Gasteiger partial charge in [-0.15, -0.1) is 0 Å². The van der Waals surface area contributed by atoms with Gasteiger partial charge in [0, 0.05) is 24.2 Å². The van der Waals surface area contributed by atoms with Gasteiger partial charge in [-0.05, 0) is 23.5 Å². The van der Waals surface area contributed by atoms with Crippen molar-refractivity contribution in [3.05, 3.63) is 40.6 Å². The predicted octanol–water partition coefficient (Wildman–Crippen LogP) is 2.51. The molecule has 27 heavy (non-hydrogen) atoms. The molecule has 0 aliphatic carbocycles. The highest BCUT2D eigenvalue weighted by Gasteiger charge is 2.34. The zero-order valence-electron chi connectivity index (χ0n) is 16.9. The minimum Gasteiger partial charge on any atom is -0.491 e. The topological polar surface area (TPSA) is 102 Å². The molecule has 1 aliphatic rings. The third-order valence-electron chi connectivity index (χ3n) is 4.51. The van der Waals surface area contributed by atoms with Crippen LogP contribution in [-0.2, 0) is 16.0 Å². The average Bonchev–Trinajstić information content (AvgIpc) is 2.57. The van der Waals surface area contributed by atoms with Crippen LogP contribution in [0.4, 0.5) is 0 Å². The van der Waals surface area contributed by atoms with Crippen LogP contribution in [0.25, 0.3) is 5.76 Å². The Morgan fingerprint density at radius 2 is 2.04 bits per heavy atom. The Kier molecular flexibility index (Phi) is 6.89. The molecule has 1 heterocycles. The molecule has 1 unspecified atom stereocenters. The molecule has 1 atom stereocenters. The minimum atomic E-state index is -0.807. The fraction of sp³-hybridized carbons (Fsp3) is 0.571. The summed E-state index contributed by atoms with van der Waals surface area (Å²) in [6.07, 6.45) is 1.29. The van der Waals surface area contributed by atoms with E-state index in [9.17, 15) is 9.90 Å². The molecule has 0 bridgehead atoms. The number of aliphatic hydroxyl groups is 1. The summed E-state index contributed by atoms with van der Waals surface area (Å²) in [5, 5.41) is 11.0. The van der Waals surface area contributed by atoms with Crippen molar-refractivity contribution in [3.8, 4) is 0 Å². The lowest BCUT2D eigenvalue weighted by Crippen LogP contribution is -2.41. The van der Waals surface area contributed by atoms with Crippen LogP contribution in [-0.4, -0.2) is 35.6 Å². The molecule has 0 spiro atoms. The van der Waals surface area contributed by atoms with Crippen LogP contribution in [0.5, 0.6) is 0 Å². The highest BCUT2D eigenvalue weighted by atomic mass is 16.5. The van der Waals surface area contributed by atoms with E-state index in [1.807, 2.05) is 23.1 Å². The van der Waals surface area contributed by atoms with Crippen LogP contribution in [0.15, 0.2) is 23.9 Å². The Hall–Kier alpha value is -2.05. The van der Waals surface area contributed by atoms with E-state index >= 15 is 0 Å². The average molecular weight is 376 g/mol. The molecule has 6 nitrogen and oxygen atoms in total. The number of aliphatic hydroxyl groups excluding tert-OH is 1. The molecule has 0 saturated carbocycles. The van der Waals surface area contributed by atoms with Crippen LogP contribution < -0.4 is 11.5 Å². The van der Waals surface area contributed by atoms with Gasteiger partial charge < -0.3 is 26.2 Å². The van der Waals surface area contributed by atoms with E-state index in [0.717, 1.165) is 35.2 Å². The van der Waals surface area contributed by atoms with Gasteiger partial charge in [0.25, 0.3) is 0 Å². The monoisotopic (exact) mass is 375 g/mol. The van der Waals surface area contributed by atoms with Gasteiger partial charge in [-0.3, -0.25) is 4.79 Å². The Balaban J connectivity index is 2.54. The number of benzene rings is 1. The van der Waals surface area contributed by atoms with Crippen molar-refractivity contribution in [2.45, 2.75) is 53.2 Å². The summed E-state index contributed by atoms with van der Waals surface area (Å²) < 4.78 is 6.14. The Bertz CT molecular complexity index is 707. The summed E-state index contributed by atoms with van der Waals surface area (Å²) in [4.78, 5) is 13.3. The quantitative estimate of drug-likeness (QED) is 0.606. The number of ether oxygens (including phenoxy) is 1. The van der Waals surface area contributed by atoms with Crippen molar-refractivity contribution in [3.63, 3.8) is 0 Å². The lowest BCUT2D eigenvalue weighted by atomic mass is 9.90. The third-order valence-corrected chi connectivity index (χ3v) is 4.51. The normalized spacial score (nSPS) is 17.1. The maximum Gasteiger partial charge on any atom is 0.221 e. The zero-order valence-corrected chi connectivity index (χ0v) is 16.9. The van der Waals surface area contributed by atoms with Gasteiger partial charge in [-0.25, -0.2) is 0 Å². The van der Waals surface area contributed by atoms with Crippen LogP contribution in [0.2, 0.25) is 0 Å². The van der Waals surface area contributed by atoms with Gasteiger partial charge in [0.2, 0.25) is 5.91 Å². The summed E-state index contributed by atoms with van der Waals surface area (Å²) in [7, 11) is 0. The smallest absolute Gasteiger partial charge is 0.221 e. The van der Waals surface area contributed by atoms with Gasteiger partial charge in [0.15, 0.2) is 6.23 Å². The first-order chi connectivity index (χ1) is 12.7. The van der Waals surface area contributed by atoms with E-state index in [4.69, 9.17) is 16.2 Å². The maximum absolute atomic E-state index is 11.3. The highest BCUT2D eigenvalue weighted by Crippen LogP contribution is 2.40. The maximum atomic E-state index is 11.3. The molecule has 2 rings (SSSR count). The number of rotatable bonds is 8. The molecular formula is C21H33N3O3. The second kappa shape index (κ2) is 8.76. The van der Waals surface area contributed by atoms with Gasteiger partial charge in [0.1, 0.15) is 5.76 Å². The molecule has 6 heteroatoms. The molecule has 0 fully saturated rings. The standard InChI is InChI=1S/C21H33N3O3/c1-5-6-9-27-19-16-10-14(11-18(23)25)7-8-15(16)20(26)24(17(19)12-22)13-21(2,3)4/h7-8,10,20,26H,5-6,9,11-13,22H2,1-4H3,(H2,23,25). The van der Waals surface area contributed by atoms with E-state index in [2.05, 4.69) is 27.7 Å². The number of fused-ring (bicyclic) bond motifs is 1. The molecule has 1 aliphatic heterocycles. The summed E-state index contributed by atoms with van der Waals surface area (Å²) in [5.41, 5.74) is 14.5. The lowest BCUT2D eigenvalue weighted by molar-refractivity contribution is -0.117. The molecule has 0 radical (unpaired) electrons. The van der Waals surface area contributed by atoms with Crippen molar-refractivity contribution < 1.29 is 14.6 Å². The number of amides is 1. The van der Waals surface area contributed by atoms with Gasteiger partial charge >= 0.3 is 0 Å². The third kappa shape index (κ3) is 5.23. The lowest BCUT2D eigenvalue weighted by Gasteiger charge is -2.41. The van der Waals surface area contributed by atoms with Crippen molar-refractivity contribution >= 4 is 11.7 Å². The predicted molar refractivity (Wildman–Crippen MR) is 107 cm³/mol. The van der Waals surface area contributed by atoms with E-state index in [1.165, 1.54) is 0 Å². The summed E-state index contributed by atoms with van der Waals surface area (Å²) in [6, 6.07) is 5.57. The summed E-state index contributed by atoms with van der Waals surface area (Å²) in [5.74, 6) is 0.305. The second-order valence-corrected chi connectivity index (χ2v) is 8.31. The fourth-order valence-electron chi connectivity index (χ4n) is 3.32. The van der Waals surface area contributed by atoms with Crippen molar-refractivity contribution in [2.75, 3.05) is 19.7 Å². The first-order valence-corrected chi connectivity index (χ1v) is 9.60. The SMILES string of the molecule is CCCCOC1=C(CN)N(CC(C)(C)C)C(O)c2ccc(CC(N)=O)cc21.